The Bertz CT molecular complexity index is 765. The molecule has 0 spiro atoms. The van der Waals surface area contributed by atoms with Crippen LogP contribution in [0.4, 0.5) is 5.13 Å². The first-order valence-corrected chi connectivity index (χ1v) is 6.67. The van der Waals surface area contributed by atoms with E-state index in [4.69, 9.17) is 11.0 Å². The number of anilines is 1. The van der Waals surface area contributed by atoms with Crippen LogP contribution in [-0.2, 0) is 13.0 Å². The van der Waals surface area contributed by atoms with Crippen molar-refractivity contribution < 1.29 is 0 Å². The molecule has 0 fully saturated rings. The maximum Gasteiger partial charge on any atom is 0.180 e. The Morgan fingerprint density at radius 2 is 2.16 bits per heavy atom. The van der Waals surface area contributed by atoms with Crippen LogP contribution in [0.5, 0.6) is 0 Å². The number of hydrogen-bond acceptors (Lipinski definition) is 5. The van der Waals surface area contributed by atoms with Crippen molar-refractivity contribution >= 4 is 27.5 Å². The van der Waals surface area contributed by atoms with E-state index in [0.29, 0.717) is 11.7 Å². The highest BCUT2D eigenvalue weighted by atomic mass is 32.1. The molecular formula is C13H11N5S. The number of nitrogens with two attached hydrogens (primary N) is 1. The van der Waals surface area contributed by atoms with E-state index < -0.39 is 0 Å². The van der Waals surface area contributed by atoms with E-state index in [1.54, 1.807) is 0 Å². The Labute approximate surface area is 113 Å². The first-order valence-electron chi connectivity index (χ1n) is 5.79. The van der Waals surface area contributed by atoms with E-state index in [9.17, 15) is 0 Å². The molecule has 0 aliphatic heterocycles. The molecule has 2 N–H and O–H groups in total. The van der Waals surface area contributed by atoms with E-state index in [2.05, 4.69) is 16.0 Å². The highest BCUT2D eigenvalue weighted by molar-refractivity contribution is 7.13. The zero-order valence-electron chi connectivity index (χ0n) is 10.1. The lowest BCUT2D eigenvalue weighted by Gasteiger charge is -2.05. The molecule has 2 aromatic heterocycles. The first kappa shape index (κ1) is 11.7. The second-order valence-electron chi connectivity index (χ2n) is 4.11. The van der Waals surface area contributed by atoms with Crippen molar-refractivity contribution in [1.29, 1.82) is 5.26 Å². The van der Waals surface area contributed by atoms with E-state index in [1.165, 1.54) is 11.3 Å². The molecule has 0 saturated carbocycles. The summed E-state index contributed by atoms with van der Waals surface area (Å²) in [5.41, 5.74) is 8.45. The van der Waals surface area contributed by atoms with Crippen molar-refractivity contribution in [2.75, 3.05) is 5.73 Å². The molecule has 0 amide bonds. The van der Waals surface area contributed by atoms with Crippen LogP contribution in [-0.4, -0.2) is 14.5 Å². The minimum atomic E-state index is 0.286. The summed E-state index contributed by atoms with van der Waals surface area (Å²) in [7, 11) is 0. The summed E-state index contributed by atoms with van der Waals surface area (Å²) in [6.07, 6.45) is 0.286. The van der Waals surface area contributed by atoms with E-state index in [0.717, 1.165) is 22.6 Å². The van der Waals surface area contributed by atoms with Crippen LogP contribution in [0.3, 0.4) is 0 Å². The molecule has 3 aromatic rings. The molecular weight excluding hydrogens is 258 g/mol. The summed E-state index contributed by atoms with van der Waals surface area (Å²) in [5, 5.41) is 11.4. The number of nitriles is 1. The second-order valence-corrected chi connectivity index (χ2v) is 5.00. The van der Waals surface area contributed by atoms with Gasteiger partial charge in [-0.25, -0.2) is 9.97 Å². The van der Waals surface area contributed by atoms with Crippen LogP contribution in [0.1, 0.15) is 11.5 Å². The fraction of sp³-hybridized carbons (Fsp3) is 0.154. The Hall–Kier alpha value is -2.39. The number of hydrogen-bond donors (Lipinski definition) is 1. The standard InChI is InChI=1S/C13H11N5S/c14-6-5-12-17-10-3-1-2-4-11(10)18(12)7-9-8-19-13(15)16-9/h1-4,8H,5,7H2,(H2,15,16). The molecule has 5 nitrogen and oxygen atoms in total. The molecule has 0 unspecified atom stereocenters. The Morgan fingerprint density at radius 1 is 1.32 bits per heavy atom. The van der Waals surface area contributed by atoms with Gasteiger partial charge in [-0.1, -0.05) is 12.1 Å². The lowest BCUT2D eigenvalue weighted by molar-refractivity contribution is 0.755. The number of aromatic nitrogens is 3. The molecule has 6 heteroatoms. The van der Waals surface area contributed by atoms with Gasteiger partial charge in [0.05, 0.1) is 35.8 Å². The van der Waals surface area contributed by atoms with Gasteiger partial charge < -0.3 is 10.3 Å². The molecule has 0 saturated heterocycles. The van der Waals surface area contributed by atoms with Crippen LogP contribution in [0.25, 0.3) is 11.0 Å². The van der Waals surface area contributed by atoms with Gasteiger partial charge in [0.2, 0.25) is 0 Å². The predicted molar refractivity (Wildman–Crippen MR) is 74.7 cm³/mol. The predicted octanol–water partition coefficient (Wildman–Crippen LogP) is 2.19. The molecule has 94 valence electrons. The molecule has 0 aliphatic carbocycles. The number of imidazole rings is 1. The SMILES string of the molecule is N#CCc1nc2ccccc2n1Cc1csc(N)n1. The zero-order chi connectivity index (χ0) is 13.2. The van der Waals surface area contributed by atoms with Crippen LogP contribution >= 0.6 is 11.3 Å². The first-order chi connectivity index (χ1) is 9.28. The summed E-state index contributed by atoms with van der Waals surface area (Å²) < 4.78 is 2.02. The summed E-state index contributed by atoms with van der Waals surface area (Å²) >= 11 is 1.42. The van der Waals surface area contributed by atoms with Crippen molar-refractivity contribution in [2.24, 2.45) is 0 Å². The van der Waals surface area contributed by atoms with Crippen LogP contribution in [0.2, 0.25) is 0 Å². The van der Waals surface area contributed by atoms with Gasteiger partial charge >= 0.3 is 0 Å². The number of thiazole rings is 1. The molecule has 3 rings (SSSR count). The Morgan fingerprint density at radius 3 is 2.89 bits per heavy atom. The van der Waals surface area contributed by atoms with E-state index in [-0.39, 0.29) is 6.42 Å². The molecule has 0 aliphatic rings. The normalized spacial score (nSPS) is 10.7. The average Bonchev–Trinajstić information content (AvgIpc) is 2.96. The highest BCUT2D eigenvalue weighted by Gasteiger charge is 2.11. The van der Waals surface area contributed by atoms with Crippen molar-refractivity contribution in [1.82, 2.24) is 14.5 Å². The number of rotatable bonds is 3. The fourth-order valence-electron chi connectivity index (χ4n) is 2.06. The summed E-state index contributed by atoms with van der Waals surface area (Å²) in [5.74, 6) is 0.760. The minimum absolute atomic E-state index is 0.286. The third kappa shape index (κ3) is 2.16. The van der Waals surface area contributed by atoms with Crippen LogP contribution in [0.15, 0.2) is 29.6 Å². The molecule has 0 radical (unpaired) electrons. The minimum Gasteiger partial charge on any atom is -0.375 e. The average molecular weight is 269 g/mol. The van der Waals surface area contributed by atoms with Crippen LogP contribution in [0, 0.1) is 11.3 Å². The number of nitrogens with zero attached hydrogens (tertiary/aromatic N) is 4. The lowest BCUT2D eigenvalue weighted by Crippen LogP contribution is -2.05. The maximum atomic E-state index is 8.90. The van der Waals surface area contributed by atoms with Gasteiger partial charge in [0.1, 0.15) is 5.82 Å². The van der Waals surface area contributed by atoms with Crippen molar-refractivity contribution in [3.05, 3.63) is 41.2 Å². The molecule has 19 heavy (non-hydrogen) atoms. The van der Waals surface area contributed by atoms with E-state index in [1.807, 2.05) is 34.2 Å². The molecule has 0 atom stereocenters. The quantitative estimate of drug-likeness (QED) is 0.790. The number of nitrogen functional groups attached to an aromatic ring is 1. The van der Waals surface area contributed by atoms with Crippen molar-refractivity contribution in [3.8, 4) is 6.07 Å². The summed E-state index contributed by atoms with van der Waals surface area (Å²) in [6.45, 7) is 0.589. The fourth-order valence-corrected chi connectivity index (χ4v) is 2.62. The van der Waals surface area contributed by atoms with Gasteiger partial charge in [-0.2, -0.15) is 5.26 Å². The summed E-state index contributed by atoms with van der Waals surface area (Å²) in [6, 6.07) is 10.0. The van der Waals surface area contributed by atoms with Crippen molar-refractivity contribution in [3.63, 3.8) is 0 Å². The Kier molecular flexibility index (Phi) is 2.89. The molecule has 2 heterocycles. The highest BCUT2D eigenvalue weighted by Crippen LogP contribution is 2.19. The maximum absolute atomic E-state index is 8.90. The monoisotopic (exact) mass is 269 g/mol. The molecule has 0 bridgehead atoms. The Balaban J connectivity index is 2.09. The third-order valence-corrected chi connectivity index (χ3v) is 3.58. The summed E-state index contributed by atoms with van der Waals surface area (Å²) in [4.78, 5) is 8.75. The van der Waals surface area contributed by atoms with Gasteiger partial charge in [0.15, 0.2) is 5.13 Å². The van der Waals surface area contributed by atoms with Crippen LogP contribution < -0.4 is 5.73 Å². The zero-order valence-corrected chi connectivity index (χ0v) is 10.9. The van der Waals surface area contributed by atoms with Gasteiger partial charge in [0.25, 0.3) is 0 Å². The van der Waals surface area contributed by atoms with Crippen molar-refractivity contribution in [2.45, 2.75) is 13.0 Å². The largest absolute Gasteiger partial charge is 0.375 e. The van der Waals surface area contributed by atoms with Gasteiger partial charge in [-0.05, 0) is 12.1 Å². The van der Waals surface area contributed by atoms with E-state index >= 15 is 0 Å². The van der Waals surface area contributed by atoms with Gasteiger partial charge in [-0.15, -0.1) is 11.3 Å². The number of fused-ring (bicyclic) bond motifs is 1. The lowest BCUT2D eigenvalue weighted by atomic mass is 10.3. The number of benzene rings is 1. The topological polar surface area (TPSA) is 80.5 Å². The molecule has 1 aromatic carbocycles. The second kappa shape index (κ2) is 4.71. The number of para-hydroxylation sites is 2. The van der Waals surface area contributed by atoms with Gasteiger partial charge in [0, 0.05) is 5.38 Å². The smallest absolute Gasteiger partial charge is 0.180 e. The van der Waals surface area contributed by atoms with Gasteiger partial charge in [-0.3, -0.25) is 0 Å². The third-order valence-electron chi connectivity index (χ3n) is 2.86.